The monoisotopic (exact) mass is 250 g/mol. The van der Waals surface area contributed by atoms with E-state index in [0.717, 1.165) is 41.2 Å². The summed E-state index contributed by atoms with van der Waals surface area (Å²) in [6.07, 6.45) is 5.22. The minimum Gasteiger partial charge on any atom is -0.289 e. The number of fused-ring (bicyclic) bond motifs is 1. The summed E-state index contributed by atoms with van der Waals surface area (Å²) >= 11 is 0. The molecule has 0 fully saturated rings. The molecular formula is C18H18O. The van der Waals surface area contributed by atoms with Crippen molar-refractivity contribution in [3.63, 3.8) is 0 Å². The number of hydrogen-bond donors (Lipinski definition) is 0. The topological polar surface area (TPSA) is 17.1 Å². The van der Waals surface area contributed by atoms with Gasteiger partial charge >= 0.3 is 0 Å². The number of carbonyl (C=O) groups is 1. The molecule has 0 spiro atoms. The summed E-state index contributed by atoms with van der Waals surface area (Å²) in [6, 6.07) is 14.1. The van der Waals surface area contributed by atoms with Crippen molar-refractivity contribution in [1.29, 1.82) is 0 Å². The molecule has 0 aromatic heterocycles. The first-order valence-corrected chi connectivity index (χ1v) is 6.97. The zero-order valence-electron chi connectivity index (χ0n) is 11.2. The lowest BCUT2D eigenvalue weighted by Gasteiger charge is -2.17. The van der Waals surface area contributed by atoms with Gasteiger partial charge in [0.1, 0.15) is 0 Å². The first kappa shape index (κ1) is 12.2. The molecule has 0 amide bonds. The highest BCUT2D eigenvalue weighted by atomic mass is 16.1. The highest BCUT2D eigenvalue weighted by Crippen LogP contribution is 2.28. The van der Waals surface area contributed by atoms with Crippen LogP contribution in [0.4, 0.5) is 0 Å². The number of Topliss-reactive ketones (excluding diaryl/α,β-unsaturated/α-hetero) is 1. The van der Waals surface area contributed by atoms with E-state index in [9.17, 15) is 4.79 Å². The van der Waals surface area contributed by atoms with E-state index >= 15 is 0 Å². The van der Waals surface area contributed by atoms with Gasteiger partial charge in [0, 0.05) is 5.56 Å². The Balaban J connectivity index is 2.03. The minimum atomic E-state index is 0.212. The van der Waals surface area contributed by atoms with Crippen molar-refractivity contribution in [3.8, 4) is 0 Å². The average molecular weight is 250 g/mol. The molecule has 2 aromatic rings. The molecule has 0 radical (unpaired) electrons. The van der Waals surface area contributed by atoms with Gasteiger partial charge in [-0.3, -0.25) is 4.79 Å². The van der Waals surface area contributed by atoms with E-state index in [1.807, 2.05) is 30.3 Å². The molecule has 0 N–H and O–H groups in total. The fraction of sp³-hybridized carbons (Fsp3) is 0.278. The molecule has 0 saturated carbocycles. The summed E-state index contributed by atoms with van der Waals surface area (Å²) in [4.78, 5) is 12.7. The Labute approximate surface area is 113 Å². The Hall–Kier alpha value is -1.89. The molecule has 1 aliphatic rings. The van der Waals surface area contributed by atoms with Gasteiger partial charge < -0.3 is 0 Å². The molecule has 19 heavy (non-hydrogen) atoms. The van der Waals surface area contributed by atoms with Crippen LogP contribution in [0.5, 0.6) is 0 Å². The second-order valence-electron chi connectivity index (χ2n) is 5.46. The maximum atomic E-state index is 12.7. The van der Waals surface area contributed by atoms with Crippen molar-refractivity contribution < 1.29 is 4.79 Å². The van der Waals surface area contributed by atoms with Crippen LogP contribution in [0, 0.1) is 5.92 Å². The lowest BCUT2D eigenvalue weighted by Crippen LogP contribution is -2.10. The van der Waals surface area contributed by atoms with E-state index in [4.69, 9.17) is 0 Å². The Bertz CT molecular complexity index is 646. The predicted octanol–water partition coefficient (Wildman–Crippen LogP) is 4.77. The lowest BCUT2D eigenvalue weighted by molar-refractivity contribution is 0.102. The smallest absolute Gasteiger partial charge is 0.189 e. The van der Waals surface area contributed by atoms with Crippen LogP contribution >= 0.6 is 0 Å². The second-order valence-corrected chi connectivity index (χ2v) is 5.46. The maximum Gasteiger partial charge on any atom is 0.189 e. The van der Waals surface area contributed by atoms with Crippen molar-refractivity contribution in [1.82, 2.24) is 0 Å². The van der Waals surface area contributed by atoms with Crippen LogP contribution in [-0.2, 0) is 0 Å². The van der Waals surface area contributed by atoms with Crippen LogP contribution in [0.3, 0.4) is 0 Å². The number of carbonyl (C=O) groups excluding carboxylic acids is 1. The normalized spacial score (nSPS) is 19.2. The standard InChI is InChI=1S/C18H18O/c1-13-9-11-15(12-10-13)18(19)17-8-4-6-14-5-2-3-7-16(14)17/h2-8,11,13H,9-10,12H2,1H3. The van der Waals surface area contributed by atoms with E-state index in [1.54, 1.807) is 0 Å². The molecule has 0 bridgehead atoms. The Morgan fingerprint density at radius 3 is 2.68 bits per heavy atom. The zero-order chi connectivity index (χ0) is 13.2. The van der Waals surface area contributed by atoms with Crippen molar-refractivity contribution in [2.24, 2.45) is 5.92 Å². The molecule has 1 heteroatoms. The van der Waals surface area contributed by atoms with E-state index in [2.05, 4.69) is 25.1 Å². The third-order valence-electron chi connectivity index (χ3n) is 4.00. The molecular weight excluding hydrogens is 232 g/mol. The van der Waals surface area contributed by atoms with Gasteiger partial charge in [0.2, 0.25) is 0 Å². The summed E-state index contributed by atoms with van der Waals surface area (Å²) in [7, 11) is 0. The predicted molar refractivity (Wildman–Crippen MR) is 79.4 cm³/mol. The van der Waals surface area contributed by atoms with Crippen molar-refractivity contribution >= 4 is 16.6 Å². The number of rotatable bonds is 2. The van der Waals surface area contributed by atoms with Gasteiger partial charge in [-0.15, -0.1) is 0 Å². The third kappa shape index (κ3) is 2.33. The molecule has 1 unspecified atom stereocenters. The largest absolute Gasteiger partial charge is 0.289 e. The maximum absolute atomic E-state index is 12.7. The number of hydrogen-bond acceptors (Lipinski definition) is 1. The van der Waals surface area contributed by atoms with Crippen molar-refractivity contribution in [2.45, 2.75) is 26.2 Å². The summed E-state index contributed by atoms with van der Waals surface area (Å²) in [5.41, 5.74) is 1.84. The van der Waals surface area contributed by atoms with Crippen LogP contribution in [-0.4, -0.2) is 5.78 Å². The van der Waals surface area contributed by atoms with Gasteiger partial charge in [-0.05, 0) is 41.5 Å². The van der Waals surface area contributed by atoms with Gasteiger partial charge in [-0.1, -0.05) is 55.5 Å². The Morgan fingerprint density at radius 2 is 1.89 bits per heavy atom. The Morgan fingerprint density at radius 1 is 1.11 bits per heavy atom. The second kappa shape index (κ2) is 5.00. The quantitative estimate of drug-likeness (QED) is 0.702. The zero-order valence-corrected chi connectivity index (χ0v) is 11.2. The van der Waals surface area contributed by atoms with Crippen LogP contribution in [0.1, 0.15) is 36.5 Å². The van der Waals surface area contributed by atoms with Gasteiger partial charge in [0.15, 0.2) is 5.78 Å². The molecule has 1 aliphatic carbocycles. The van der Waals surface area contributed by atoms with E-state index < -0.39 is 0 Å². The van der Waals surface area contributed by atoms with E-state index in [0.29, 0.717) is 5.92 Å². The van der Waals surface area contributed by atoms with Crippen LogP contribution < -0.4 is 0 Å². The Kier molecular flexibility index (Phi) is 3.20. The van der Waals surface area contributed by atoms with Gasteiger partial charge in [-0.2, -0.15) is 0 Å². The average Bonchev–Trinajstić information content (AvgIpc) is 2.47. The molecule has 0 heterocycles. The molecule has 1 atom stereocenters. The van der Waals surface area contributed by atoms with Crippen LogP contribution in [0.2, 0.25) is 0 Å². The molecule has 2 aromatic carbocycles. The van der Waals surface area contributed by atoms with Crippen LogP contribution in [0.15, 0.2) is 54.1 Å². The van der Waals surface area contributed by atoms with Gasteiger partial charge in [-0.25, -0.2) is 0 Å². The number of ketones is 1. The van der Waals surface area contributed by atoms with Gasteiger partial charge in [0.25, 0.3) is 0 Å². The highest BCUT2D eigenvalue weighted by molar-refractivity contribution is 6.16. The fourth-order valence-electron chi connectivity index (χ4n) is 2.77. The minimum absolute atomic E-state index is 0.212. The summed E-state index contributed by atoms with van der Waals surface area (Å²) in [5.74, 6) is 0.924. The molecule has 3 rings (SSSR count). The molecule has 1 nitrogen and oxygen atoms in total. The van der Waals surface area contributed by atoms with E-state index in [1.165, 1.54) is 0 Å². The summed E-state index contributed by atoms with van der Waals surface area (Å²) in [6.45, 7) is 2.25. The summed E-state index contributed by atoms with van der Waals surface area (Å²) in [5, 5.41) is 2.20. The van der Waals surface area contributed by atoms with Crippen molar-refractivity contribution in [3.05, 3.63) is 59.7 Å². The molecule has 96 valence electrons. The summed E-state index contributed by atoms with van der Waals surface area (Å²) < 4.78 is 0. The van der Waals surface area contributed by atoms with Crippen molar-refractivity contribution in [2.75, 3.05) is 0 Å². The molecule has 0 aliphatic heterocycles. The molecule has 0 saturated heterocycles. The SMILES string of the molecule is CC1CC=C(C(=O)c2cccc3ccccc23)CC1. The highest BCUT2D eigenvalue weighted by Gasteiger charge is 2.18. The first-order valence-electron chi connectivity index (χ1n) is 6.97. The van der Waals surface area contributed by atoms with E-state index in [-0.39, 0.29) is 5.78 Å². The van der Waals surface area contributed by atoms with Crippen LogP contribution in [0.25, 0.3) is 10.8 Å². The lowest BCUT2D eigenvalue weighted by atomic mass is 9.86. The number of benzene rings is 2. The first-order chi connectivity index (χ1) is 9.25. The fourth-order valence-corrected chi connectivity index (χ4v) is 2.77. The number of allylic oxidation sites excluding steroid dienone is 2. The third-order valence-corrected chi connectivity index (χ3v) is 4.00. The van der Waals surface area contributed by atoms with Gasteiger partial charge in [0.05, 0.1) is 0 Å².